The molecular formula is C18H45NO6Si3. The Kier molecular flexibility index (Phi) is 17.3. The predicted octanol–water partition coefficient (Wildman–Crippen LogP) is 2.17. The second-order valence-corrected chi connectivity index (χ2v) is 16.1. The maximum Gasteiger partial charge on any atom is 0.323 e. The number of nitrogens with zero attached hydrogens (tertiary/aromatic N) is 1. The molecule has 0 aliphatic carbocycles. The van der Waals surface area contributed by atoms with Crippen molar-refractivity contribution in [3.8, 4) is 0 Å². The van der Waals surface area contributed by atoms with Crippen molar-refractivity contribution in [2.75, 3.05) is 62.3 Å². The highest BCUT2D eigenvalue weighted by Gasteiger charge is 2.24. The predicted molar refractivity (Wildman–Crippen MR) is 122 cm³/mol. The van der Waals surface area contributed by atoms with Crippen molar-refractivity contribution in [1.82, 2.24) is 4.90 Å². The Morgan fingerprint density at radius 2 is 0.714 bits per heavy atom. The molecule has 0 amide bonds. The van der Waals surface area contributed by atoms with E-state index in [1.807, 2.05) is 0 Å². The van der Waals surface area contributed by atoms with Gasteiger partial charge in [-0.05, 0) is 55.5 Å². The molecule has 0 bridgehead atoms. The summed E-state index contributed by atoms with van der Waals surface area (Å²) in [5, 5.41) is 0. The quantitative estimate of drug-likeness (QED) is 0.294. The van der Waals surface area contributed by atoms with E-state index in [1.165, 1.54) is 0 Å². The van der Waals surface area contributed by atoms with Crippen molar-refractivity contribution in [2.24, 2.45) is 0 Å². The van der Waals surface area contributed by atoms with Crippen molar-refractivity contribution in [3.05, 3.63) is 0 Å². The molecule has 0 aliphatic rings. The third-order valence-corrected chi connectivity index (χ3v) is 12.1. The zero-order chi connectivity index (χ0) is 21.5. The lowest BCUT2D eigenvalue weighted by molar-refractivity contribution is 0.223. The minimum Gasteiger partial charge on any atom is -0.400 e. The summed E-state index contributed by atoms with van der Waals surface area (Å²) in [6.45, 7) is 9.88. The summed E-state index contributed by atoms with van der Waals surface area (Å²) in [6, 6.07) is 0. The van der Waals surface area contributed by atoms with Gasteiger partial charge in [0.05, 0.1) is 0 Å². The fraction of sp³-hybridized carbons (Fsp3) is 1.00. The number of rotatable bonds is 18. The highest BCUT2D eigenvalue weighted by atomic mass is 28.3. The van der Waals surface area contributed by atoms with Gasteiger partial charge in [0.1, 0.15) is 0 Å². The molecule has 0 radical (unpaired) electrons. The Balaban J connectivity index is 4.76. The average molecular weight is 456 g/mol. The molecule has 0 saturated carbocycles. The zero-order valence-electron chi connectivity index (χ0n) is 19.6. The fourth-order valence-electron chi connectivity index (χ4n) is 3.58. The summed E-state index contributed by atoms with van der Waals surface area (Å²) in [6.07, 6.45) is 3.27. The molecule has 0 aromatic heterocycles. The van der Waals surface area contributed by atoms with Crippen LogP contribution in [0.4, 0.5) is 0 Å². The first kappa shape index (κ1) is 28.4. The van der Waals surface area contributed by atoms with E-state index in [1.54, 1.807) is 42.7 Å². The van der Waals surface area contributed by atoms with E-state index < -0.39 is 27.9 Å². The maximum absolute atomic E-state index is 5.55. The SMILES string of the molecule is CO[SiH](OC)C(C)CCN(CCC(C)[SiH](OC)OC)CCC(C)[SiH](OC)OC. The van der Waals surface area contributed by atoms with Gasteiger partial charge in [-0.15, -0.1) is 0 Å². The third-order valence-electron chi connectivity index (χ3n) is 5.49. The van der Waals surface area contributed by atoms with Gasteiger partial charge in [0.2, 0.25) is 0 Å². The summed E-state index contributed by atoms with van der Waals surface area (Å²) < 4.78 is 33.3. The van der Waals surface area contributed by atoms with Gasteiger partial charge in [-0.2, -0.15) is 0 Å². The van der Waals surface area contributed by atoms with Crippen LogP contribution in [0.15, 0.2) is 0 Å². The van der Waals surface area contributed by atoms with Gasteiger partial charge in [-0.3, -0.25) is 0 Å². The molecule has 0 heterocycles. The first-order chi connectivity index (χ1) is 13.4. The largest absolute Gasteiger partial charge is 0.400 e. The molecule has 0 saturated heterocycles. The lowest BCUT2D eigenvalue weighted by atomic mass is 10.2. The second kappa shape index (κ2) is 17.1. The molecule has 7 nitrogen and oxygen atoms in total. The highest BCUT2D eigenvalue weighted by molar-refractivity contribution is 6.46. The van der Waals surface area contributed by atoms with E-state index in [0.29, 0.717) is 16.6 Å². The minimum atomic E-state index is -1.57. The lowest BCUT2D eigenvalue weighted by Crippen LogP contribution is -2.35. The lowest BCUT2D eigenvalue weighted by Gasteiger charge is -2.29. The van der Waals surface area contributed by atoms with Crippen LogP contribution in [0, 0.1) is 0 Å². The number of hydrogen-bond acceptors (Lipinski definition) is 7. The van der Waals surface area contributed by atoms with E-state index in [9.17, 15) is 0 Å². The van der Waals surface area contributed by atoms with Crippen LogP contribution in [-0.4, -0.2) is 95.0 Å². The molecule has 0 fully saturated rings. The van der Waals surface area contributed by atoms with Crippen LogP contribution in [0.2, 0.25) is 16.6 Å². The maximum atomic E-state index is 5.55. The van der Waals surface area contributed by atoms with Gasteiger partial charge in [-0.25, -0.2) is 0 Å². The Labute approximate surface area is 178 Å². The molecule has 3 atom stereocenters. The molecule has 3 unspecified atom stereocenters. The summed E-state index contributed by atoms with van der Waals surface area (Å²) in [5.41, 5.74) is 1.44. The van der Waals surface area contributed by atoms with E-state index in [2.05, 4.69) is 25.7 Å². The molecule has 0 rings (SSSR count). The Hall–Kier alpha value is 0.371. The highest BCUT2D eigenvalue weighted by Crippen LogP contribution is 2.21. The average Bonchev–Trinajstić information content (AvgIpc) is 2.70. The Bertz CT molecular complexity index is 308. The van der Waals surface area contributed by atoms with Crippen molar-refractivity contribution < 1.29 is 26.6 Å². The van der Waals surface area contributed by atoms with Crippen LogP contribution in [0.25, 0.3) is 0 Å². The first-order valence-corrected chi connectivity index (χ1v) is 15.1. The van der Waals surface area contributed by atoms with Crippen molar-refractivity contribution in [2.45, 2.75) is 56.7 Å². The third kappa shape index (κ3) is 11.0. The topological polar surface area (TPSA) is 58.6 Å². The van der Waals surface area contributed by atoms with Gasteiger partial charge in [0, 0.05) is 42.7 Å². The number of hydrogen-bond donors (Lipinski definition) is 0. The van der Waals surface area contributed by atoms with Crippen LogP contribution in [0.5, 0.6) is 0 Å². The molecule has 0 aromatic rings. The van der Waals surface area contributed by atoms with Gasteiger partial charge >= 0.3 is 27.9 Å². The summed E-state index contributed by atoms with van der Waals surface area (Å²) in [7, 11) is 5.86. The second-order valence-electron chi connectivity index (χ2n) is 7.66. The summed E-state index contributed by atoms with van der Waals surface area (Å²) >= 11 is 0. The van der Waals surface area contributed by atoms with E-state index >= 15 is 0 Å². The van der Waals surface area contributed by atoms with Crippen LogP contribution >= 0.6 is 0 Å². The van der Waals surface area contributed by atoms with E-state index in [-0.39, 0.29) is 0 Å². The minimum absolute atomic E-state index is 0.479. The zero-order valence-corrected chi connectivity index (χ0v) is 23.1. The molecule has 10 heteroatoms. The van der Waals surface area contributed by atoms with Crippen molar-refractivity contribution >= 4 is 27.9 Å². The molecule has 28 heavy (non-hydrogen) atoms. The summed E-state index contributed by atoms with van der Waals surface area (Å²) in [4.78, 5) is 2.56. The van der Waals surface area contributed by atoms with Crippen LogP contribution in [-0.2, 0) is 26.6 Å². The fourth-order valence-corrected chi connectivity index (χ4v) is 8.21. The Morgan fingerprint density at radius 3 is 0.893 bits per heavy atom. The molecule has 0 N–H and O–H groups in total. The van der Waals surface area contributed by atoms with Crippen molar-refractivity contribution in [3.63, 3.8) is 0 Å². The van der Waals surface area contributed by atoms with Gasteiger partial charge in [0.25, 0.3) is 0 Å². The monoisotopic (exact) mass is 455 g/mol. The van der Waals surface area contributed by atoms with Gasteiger partial charge < -0.3 is 31.5 Å². The van der Waals surface area contributed by atoms with Crippen LogP contribution in [0.1, 0.15) is 40.0 Å². The van der Waals surface area contributed by atoms with Crippen LogP contribution in [0.3, 0.4) is 0 Å². The standard InChI is InChI=1S/C18H45NO6Si3/c1-16(26(20-4)21-5)10-13-19(14-11-17(2)27(22-6)23-7)15-12-18(3)28(24-8)25-9/h16-18,26-28H,10-15H2,1-9H3. The Morgan fingerprint density at radius 1 is 0.500 bits per heavy atom. The smallest absolute Gasteiger partial charge is 0.323 e. The normalized spacial score (nSPS) is 15.8. The molecule has 170 valence electrons. The van der Waals surface area contributed by atoms with E-state index in [4.69, 9.17) is 26.6 Å². The molecule has 0 aliphatic heterocycles. The van der Waals surface area contributed by atoms with Gasteiger partial charge in [0.15, 0.2) is 0 Å². The molecule has 0 spiro atoms. The first-order valence-electron chi connectivity index (χ1n) is 10.3. The van der Waals surface area contributed by atoms with E-state index in [0.717, 1.165) is 38.9 Å². The van der Waals surface area contributed by atoms with Crippen molar-refractivity contribution in [1.29, 1.82) is 0 Å². The molecule has 0 aromatic carbocycles. The molecular weight excluding hydrogens is 410 g/mol. The summed E-state index contributed by atoms with van der Waals surface area (Å²) in [5.74, 6) is 0. The van der Waals surface area contributed by atoms with Gasteiger partial charge in [-0.1, -0.05) is 20.8 Å². The van der Waals surface area contributed by atoms with Crippen LogP contribution < -0.4 is 0 Å².